The van der Waals surface area contributed by atoms with Crippen molar-refractivity contribution < 1.29 is 4.79 Å². The second-order valence-corrected chi connectivity index (χ2v) is 6.33. The summed E-state index contributed by atoms with van der Waals surface area (Å²) < 4.78 is 0.922. The highest BCUT2D eigenvalue weighted by Crippen LogP contribution is 2.14. The van der Waals surface area contributed by atoms with Crippen molar-refractivity contribution in [3.05, 3.63) is 51.8 Å². The number of hydrogen-bond donors (Lipinski definition) is 1. The molecule has 0 aliphatic rings. The third kappa shape index (κ3) is 5.23. The zero-order valence-electron chi connectivity index (χ0n) is 12.2. The van der Waals surface area contributed by atoms with E-state index in [-0.39, 0.29) is 11.7 Å². The maximum Gasteiger partial charge on any atom is 0.250 e. The molecule has 0 fully saturated rings. The summed E-state index contributed by atoms with van der Waals surface area (Å²) in [7, 11) is 0. The van der Waals surface area contributed by atoms with Crippen LogP contribution in [-0.4, -0.2) is 27.8 Å². The van der Waals surface area contributed by atoms with E-state index in [0.29, 0.717) is 5.16 Å². The Kier molecular flexibility index (Phi) is 6.09. The minimum Gasteiger partial charge on any atom is -0.272 e. The number of thioether (sulfide) groups is 1. The molecule has 7 heteroatoms. The van der Waals surface area contributed by atoms with Gasteiger partial charge in [-0.3, -0.25) is 4.79 Å². The van der Waals surface area contributed by atoms with Gasteiger partial charge in [-0.15, -0.1) is 0 Å². The highest BCUT2D eigenvalue weighted by atomic mass is 79.9. The van der Waals surface area contributed by atoms with E-state index in [4.69, 9.17) is 0 Å². The molecule has 22 heavy (non-hydrogen) atoms. The van der Waals surface area contributed by atoms with E-state index >= 15 is 0 Å². The molecular formula is C15H15BrN4OS. The summed E-state index contributed by atoms with van der Waals surface area (Å²) in [6.45, 7) is 3.81. The van der Waals surface area contributed by atoms with Crippen molar-refractivity contribution in [3.63, 3.8) is 0 Å². The number of carbonyl (C=O) groups is 1. The van der Waals surface area contributed by atoms with Crippen LogP contribution in [0.4, 0.5) is 0 Å². The molecule has 0 unspecified atom stereocenters. The Morgan fingerprint density at radius 2 is 2.00 bits per heavy atom. The number of nitrogens with zero attached hydrogens (tertiary/aromatic N) is 3. The van der Waals surface area contributed by atoms with E-state index in [1.54, 1.807) is 6.21 Å². The van der Waals surface area contributed by atoms with Crippen LogP contribution in [0.15, 0.2) is 45.1 Å². The molecule has 1 aromatic heterocycles. The average molecular weight is 379 g/mol. The van der Waals surface area contributed by atoms with Gasteiger partial charge in [-0.05, 0) is 26.0 Å². The van der Waals surface area contributed by atoms with Crippen molar-refractivity contribution in [3.8, 4) is 0 Å². The summed E-state index contributed by atoms with van der Waals surface area (Å²) in [5.74, 6) is 0.0204. The third-order valence-electron chi connectivity index (χ3n) is 2.59. The molecule has 1 amide bonds. The molecule has 0 bridgehead atoms. The Hall–Kier alpha value is -1.73. The smallest absolute Gasteiger partial charge is 0.250 e. The zero-order valence-corrected chi connectivity index (χ0v) is 14.6. The molecule has 0 spiro atoms. The molecule has 2 aromatic rings. The van der Waals surface area contributed by atoms with Gasteiger partial charge >= 0.3 is 0 Å². The lowest BCUT2D eigenvalue weighted by Gasteiger charge is -2.02. The quantitative estimate of drug-likeness (QED) is 0.375. The molecule has 114 valence electrons. The van der Waals surface area contributed by atoms with Gasteiger partial charge in [-0.25, -0.2) is 15.4 Å². The van der Waals surface area contributed by atoms with E-state index in [2.05, 4.69) is 36.4 Å². The van der Waals surface area contributed by atoms with E-state index in [1.807, 2.05) is 44.2 Å². The van der Waals surface area contributed by atoms with E-state index in [1.165, 1.54) is 11.8 Å². The number of aryl methyl sites for hydroxylation is 2. The molecule has 0 saturated heterocycles. The first-order valence-corrected chi connectivity index (χ1v) is 8.34. The number of benzene rings is 1. The first-order valence-electron chi connectivity index (χ1n) is 6.56. The highest BCUT2D eigenvalue weighted by Gasteiger charge is 2.05. The Morgan fingerprint density at radius 1 is 1.32 bits per heavy atom. The number of hydrazone groups is 1. The van der Waals surface area contributed by atoms with Crippen molar-refractivity contribution in [2.75, 3.05) is 5.75 Å². The fourth-order valence-corrected chi connectivity index (χ4v) is 2.80. The molecule has 2 rings (SSSR count). The molecule has 0 atom stereocenters. The van der Waals surface area contributed by atoms with Gasteiger partial charge in [0.15, 0.2) is 5.16 Å². The van der Waals surface area contributed by atoms with Gasteiger partial charge in [-0.1, -0.05) is 45.9 Å². The van der Waals surface area contributed by atoms with Crippen LogP contribution in [0.25, 0.3) is 0 Å². The first kappa shape index (κ1) is 16.6. The van der Waals surface area contributed by atoms with Crippen molar-refractivity contribution >= 4 is 39.8 Å². The molecule has 5 nitrogen and oxygen atoms in total. The van der Waals surface area contributed by atoms with Crippen molar-refractivity contribution in [1.82, 2.24) is 15.4 Å². The summed E-state index contributed by atoms with van der Waals surface area (Å²) in [5, 5.41) is 4.54. The lowest BCUT2D eigenvalue weighted by molar-refractivity contribution is -0.118. The number of nitrogens with one attached hydrogen (secondary N) is 1. The summed E-state index contributed by atoms with van der Waals surface area (Å²) in [6.07, 6.45) is 1.60. The normalized spacial score (nSPS) is 10.9. The Labute approximate surface area is 141 Å². The Balaban J connectivity index is 1.84. The fraction of sp³-hybridized carbons (Fsp3) is 0.200. The van der Waals surface area contributed by atoms with E-state index < -0.39 is 0 Å². The first-order chi connectivity index (χ1) is 10.5. The van der Waals surface area contributed by atoms with Crippen molar-refractivity contribution in [1.29, 1.82) is 0 Å². The Bertz CT molecular complexity index is 685. The lowest BCUT2D eigenvalue weighted by Crippen LogP contribution is -2.19. The summed E-state index contributed by atoms with van der Waals surface area (Å²) in [4.78, 5) is 20.3. The van der Waals surface area contributed by atoms with Gasteiger partial charge in [0.25, 0.3) is 5.91 Å². The Morgan fingerprint density at radius 3 is 2.68 bits per heavy atom. The molecule has 0 aliphatic carbocycles. The summed E-state index contributed by atoms with van der Waals surface area (Å²) in [5.41, 5.74) is 5.17. The van der Waals surface area contributed by atoms with Gasteiger partial charge in [0.05, 0.1) is 12.0 Å². The van der Waals surface area contributed by atoms with Crippen LogP contribution in [-0.2, 0) is 4.79 Å². The molecule has 1 aromatic carbocycles. The fourth-order valence-electron chi connectivity index (χ4n) is 1.67. The summed E-state index contributed by atoms with van der Waals surface area (Å²) >= 11 is 4.70. The number of amides is 1. The molecule has 1 heterocycles. The molecule has 1 N–H and O–H groups in total. The van der Waals surface area contributed by atoms with Crippen LogP contribution in [0.2, 0.25) is 0 Å². The van der Waals surface area contributed by atoms with Crippen LogP contribution in [0.3, 0.4) is 0 Å². The number of hydrogen-bond acceptors (Lipinski definition) is 5. The van der Waals surface area contributed by atoms with E-state index in [0.717, 1.165) is 21.4 Å². The topological polar surface area (TPSA) is 67.2 Å². The molecule has 0 aliphatic heterocycles. The van der Waals surface area contributed by atoms with Gasteiger partial charge in [0.1, 0.15) is 0 Å². The average Bonchev–Trinajstić information content (AvgIpc) is 2.46. The number of aromatic nitrogens is 2. The molecule has 0 radical (unpaired) electrons. The minimum atomic E-state index is -0.198. The van der Waals surface area contributed by atoms with Gasteiger partial charge < -0.3 is 0 Å². The predicted octanol–water partition coefficient (Wildman–Crippen LogP) is 3.10. The van der Waals surface area contributed by atoms with E-state index in [9.17, 15) is 4.79 Å². The zero-order chi connectivity index (χ0) is 15.9. The number of rotatable bonds is 5. The minimum absolute atomic E-state index is 0.198. The van der Waals surface area contributed by atoms with Gasteiger partial charge in [0.2, 0.25) is 0 Å². The SMILES string of the molecule is Cc1cc(C)nc(SCC(=O)N/N=C\c2ccccc2Br)n1. The second-order valence-electron chi connectivity index (χ2n) is 4.54. The standard InChI is InChI=1S/C15H15BrN4OS/c1-10-7-11(2)19-15(18-10)22-9-14(21)20-17-8-12-5-3-4-6-13(12)16/h3-8H,9H2,1-2H3,(H,20,21)/b17-8-. The maximum absolute atomic E-state index is 11.7. The third-order valence-corrected chi connectivity index (χ3v) is 4.16. The summed E-state index contributed by atoms with van der Waals surface area (Å²) in [6, 6.07) is 9.53. The van der Waals surface area contributed by atoms with Crippen LogP contribution in [0.1, 0.15) is 17.0 Å². The largest absolute Gasteiger partial charge is 0.272 e. The number of halogens is 1. The van der Waals surface area contributed by atoms with Crippen LogP contribution >= 0.6 is 27.7 Å². The maximum atomic E-state index is 11.7. The highest BCUT2D eigenvalue weighted by molar-refractivity contribution is 9.10. The van der Waals surface area contributed by atoms with Crippen LogP contribution in [0.5, 0.6) is 0 Å². The van der Waals surface area contributed by atoms with Crippen LogP contribution < -0.4 is 5.43 Å². The predicted molar refractivity (Wildman–Crippen MR) is 92.1 cm³/mol. The lowest BCUT2D eigenvalue weighted by atomic mass is 10.2. The van der Waals surface area contributed by atoms with Crippen molar-refractivity contribution in [2.45, 2.75) is 19.0 Å². The monoisotopic (exact) mass is 378 g/mol. The number of carbonyl (C=O) groups excluding carboxylic acids is 1. The van der Waals surface area contributed by atoms with Crippen molar-refractivity contribution in [2.24, 2.45) is 5.10 Å². The van der Waals surface area contributed by atoms with Gasteiger partial charge in [-0.2, -0.15) is 5.10 Å². The van der Waals surface area contributed by atoms with Crippen LogP contribution in [0, 0.1) is 13.8 Å². The molecule has 0 saturated carbocycles. The van der Waals surface area contributed by atoms with Gasteiger partial charge in [0, 0.05) is 21.4 Å². The molecular weight excluding hydrogens is 364 g/mol. The second kappa shape index (κ2) is 8.05.